The molecule has 0 bridgehead atoms. The van der Waals surface area contributed by atoms with Gasteiger partial charge in [-0.3, -0.25) is 4.79 Å². The van der Waals surface area contributed by atoms with Crippen LogP contribution < -0.4 is 10.6 Å². The number of carbonyl (C=O) groups excluding carboxylic acids is 2. The zero-order valence-corrected chi connectivity index (χ0v) is 10.3. The summed E-state index contributed by atoms with van der Waals surface area (Å²) < 4.78 is 4.64. The fourth-order valence-corrected chi connectivity index (χ4v) is 1.75. The monoisotopic (exact) mass is 228 g/mol. The van der Waals surface area contributed by atoms with E-state index in [4.69, 9.17) is 0 Å². The Morgan fingerprint density at radius 3 is 2.50 bits per heavy atom. The van der Waals surface area contributed by atoms with Gasteiger partial charge >= 0.3 is 5.97 Å². The lowest BCUT2D eigenvalue weighted by Crippen LogP contribution is -2.55. The molecule has 1 aliphatic heterocycles. The number of nitrogens with one attached hydrogen (secondary N) is 2. The van der Waals surface area contributed by atoms with Crippen LogP contribution in [0.2, 0.25) is 0 Å². The van der Waals surface area contributed by atoms with Crippen LogP contribution in [-0.2, 0) is 14.3 Å². The Bertz CT molecular complexity index is 294. The molecule has 5 heteroatoms. The van der Waals surface area contributed by atoms with Gasteiger partial charge in [0.05, 0.1) is 12.5 Å². The van der Waals surface area contributed by atoms with Crippen molar-refractivity contribution >= 4 is 11.9 Å². The molecule has 5 nitrogen and oxygen atoms in total. The Balaban J connectivity index is 2.66. The molecule has 1 saturated heterocycles. The number of carbonyl (C=O) groups is 2. The molecule has 92 valence electrons. The van der Waals surface area contributed by atoms with Gasteiger partial charge in [0.25, 0.3) is 0 Å². The molecule has 0 saturated carbocycles. The normalized spacial score (nSPS) is 25.2. The average Bonchev–Trinajstić information content (AvgIpc) is 2.64. The molecule has 1 atom stereocenters. The molecule has 1 aliphatic rings. The van der Waals surface area contributed by atoms with Crippen LogP contribution in [0, 0.1) is 5.41 Å². The summed E-state index contributed by atoms with van der Waals surface area (Å²) in [5.74, 6) is -0.539. The Morgan fingerprint density at radius 1 is 1.44 bits per heavy atom. The number of esters is 1. The van der Waals surface area contributed by atoms with E-state index in [0.717, 1.165) is 13.0 Å². The van der Waals surface area contributed by atoms with Crippen LogP contribution in [0.3, 0.4) is 0 Å². The summed E-state index contributed by atoms with van der Waals surface area (Å²) >= 11 is 0. The summed E-state index contributed by atoms with van der Waals surface area (Å²) in [6.45, 7) is 6.67. The molecule has 0 aromatic carbocycles. The summed E-state index contributed by atoms with van der Waals surface area (Å²) in [5.41, 5.74) is -1.40. The molecule has 1 unspecified atom stereocenters. The Kier molecular flexibility index (Phi) is 3.57. The lowest BCUT2D eigenvalue weighted by atomic mass is 9.87. The molecule has 1 rings (SSSR count). The van der Waals surface area contributed by atoms with Crippen molar-refractivity contribution in [3.8, 4) is 0 Å². The van der Waals surface area contributed by atoms with Gasteiger partial charge in [-0.2, -0.15) is 0 Å². The minimum absolute atomic E-state index is 0.104. The van der Waals surface area contributed by atoms with Crippen LogP contribution in [-0.4, -0.2) is 37.6 Å². The van der Waals surface area contributed by atoms with Crippen molar-refractivity contribution < 1.29 is 14.3 Å². The third-order valence-corrected chi connectivity index (χ3v) is 3.04. The number of amides is 1. The lowest BCUT2D eigenvalue weighted by molar-refractivity contribution is -0.150. The molecule has 16 heavy (non-hydrogen) atoms. The van der Waals surface area contributed by atoms with Crippen molar-refractivity contribution in [3.63, 3.8) is 0 Å². The number of ether oxygens (including phenoxy) is 1. The summed E-state index contributed by atoms with van der Waals surface area (Å²) in [6.07, 6.45) is 0.788. The molecule has 0 radical (unpaired) electrons. The zero-order chi connectivity index (χ0) is 12.4. The highest BCUT2D eigenvalue weighted by atomic mass is 16.5. The second-order valence-corrected chi connectivity index (χ2v) is 5.06. The number of rotatable bonds is 3. The quantitative estimate of drug-likeness (QED) is 0.670. The highest BCUT2D eigenvalue weighted by Crippen LogP contribution is 2.25. The predicted molar refractivity (Wildman–Crippen MR) is 59.8 cm³/mol. The molecular formula is C11H20N2O3. The predicted octanol–water partition coefficient (Wildman–Crippen LogP) is 0.0538. The second kappa shape index (κ2) is 4.41. The van der Waals surface area contributed by atoms with E-state index in [0.29, 0.717) is 6.54 Å². The van der Waals surface area contributed by atoms with Gasteiger partial charge < -0.3 is 15.4 Å². The van der Waals surface area contributed by atoms with Gasteiger partial charge in [-0.05, 0) is 33.7 Å². The number of hydrogen-bond donors (Lipinski definition) is 2. The van der Waals surface area contributed by atoms with Crippen molar-refractivity contribution in [2.45, 2.75) is 32.7 Å². The molecule has 1 heterocycles. The van der Waals surface area contributed by atoms with Crippen molar-refractivity contribution in [1.82, 2.24) is 10.6 Å². The first-order chi connectivity index (χ1) is 7.32. The first-order valence-corrected chi connectivity index (χ1v) is 5.43. The van der Waals surface area contributed by atoms with Crippen LogP contribution in [0.5, 0.6) is 0 Å². The van der Waals surface area contributed by atoms with E-state index in [1.54, 1.807) is 13.8 Å². The van der Waals surface area contributed by atoms with E-state index in [1.165, 1.54) is 7.11 Å². The maximum absolute atomic E-state index is 12.0. The maximum atomic E-state index is 12.0. The topological polar surface area (TPSA) is 67.4 Å². The van der Waals surface area contributed by atoms with Crippen molar-refractivity contribution in [2.24, 2.45) is 5.41 Å². The molecule has 2 N–H and O–H groups in total. The van der Waals surface area contributed by atoms with Crippen LogP contribution in [0.4, 0.5) is 0 Å². The van der Waals surface area contributed by atoms with Crippen LogP contribution in [0.1, 0.15) is 27.2 Å². The van der Waals surface area contributed by atoms with Crippen molar-refractivity contribution in [1.29, 1.82) is 0 Å². The highest BCUT2D eigenvalue weighted by Gasteiger charge is 2.40. The van der Waals surface area contributed by atoms with Gasteiger partial charge in [-0.15, -0.1) is 0 Å². The summed E-state index contributed by atoms with van der Waals surface area (Å²) in [7, 11) is 1.31. The molecular weight excluding hydrogens is 208 g/mol. The van der Waals surface area contributed by atoms with Crippen LogP contribution >= 0.6 is 0 Å². The Labute approximate surface area is 95.9 Å². The Morgan fingerprint density at radius 2 is 2.06 bits per heavy atom. The molecule has 0 spiro atoms. The summed E-state index contributed by atoms with van der Waals surface area (Å²) in [4.78, 5) is 23.5. The third kappa shape index (κ3) is 2.52. The van der Waals surface area contributed by atoms with Crippen LogP contribution in [0.15, 0.2) is 0 Å². The minimum atomic E-state index is -0.975. The van der Waals surface area contributed by atoms with E-state index in [2.05, 4.69) is 15.4 Å². The molecule has 0 aromatic rings. The van der Waals surface area contributed by atoms with Crippen LogP contribution in [0.25, 0.3) is 0 Å². The molecule has 0 aliphatic carbocycles. The van der Waals surface area contributed by atoms with Gasteiger partial charge in [0.2, 0.25) is 5.91 Å². The first kappa shape index (κ1) is 13.0. The van der Waals surface area contributed by atoms with Gasteiger partial charge in [0.15, 0.2) is 0 Å². The maximum Gasteiger partial charge on any atom is 0.330 e. The fourth-order valence-electron chi connectivity index (χ4n) is 1.75. The van der Waals surface area contributed by atoms with Gasteiger partial charge in [0.1, 0.15) is 5.54 Å². The Hall–Kier alpha value is -1.10. The van der Waals surface area contributed by atoms with E-state index in [9.17, 15) is 9.59 Å². The van der Waals surface area contributed by atoms with Gasteiger partial charge in [0, 0.05) is 6.54 Å². The van der Waals surface area contributed by atoms with E-state index in [-0.39, 0.29) is 5.91 Å². The van der Waals surface area contributed by atoms with Crippen molar-refractivity contribution in [2.75, 3.05) is 20.2 Å². The zero-order valence-electron chi connectivity index (χ0n) is 10.3. The molecule has 1 fully saturated rings. The average molecular weight is 228 g/mol. The SMILES string of the molecule is COC(=O)C(C)(C)NC(=O)C1(C)CCNC1. The minimum Gasteiger partial charge on any atom is -0.467 e. The lowest BCUT2D eigenvalue weighted by Gasteiger charge is -2.29. The molecule has 0 aromatic heterocycles. The standard InChI is InChI=1S/C11H20N2O3/c1-10(2,9(15)16-4)13-8(14)11(3)5-6-12-7-11/h12H,5-7H2,1-4H3,(H,13,14). The third-order valence-electron chi connectivity index (χ3n) is 3.04. The fraction of sp³-hybridized carbons (Fsp3) is 0.818. The first-order valence-electron chi connectivity index (χ1n) is 5.43. The highest BCUT2D eigenvalue weighted by molar-refractivity contribution is 5.90. The van der Waals surface area contributed by atoms with E-state index < -0.39 is 16.9 Å². The summed E-state index contributed by atoms with van der Waals surface area (Å²) in [5, 5.41) is 5.88. The van der Waals surface area contributed by atoms with E-state index in [1.807, 2.05) is 6.92 Å². The number of hydrogen-bond acceptors (Lipinski definition) is 4. The summed E-state index contributed by atoms with van der Waals surface area (Å²) in [6, 6.07) is 0. The second-order valence-electron chi connectivity index (χ2n) is 5.06. The van der Waals surface area contributed by atoms with Gasteiger partial charge in [-0.25, -0.2) is 4.79 Å². The largest absolute Gasteiger partial charge is 0.467 e. The van der Waals surface area contributed by atoms with E-state index >= 15 is 0 Å². The molecule has 1 amide bonds. The smallest absolute Gasteiger partial charge is 0.330 e. The van der Waals surface area contributed by atoms with Gasteiger partial charge in [-0.1, -0.05) is 0 Å². The number of methoxy groups -OCH3 is 1. The van der Waals surface area contributed by atoms with Crippen molar-refractivity contribution in [3.05, 3.63) is 0 Å².